The highest BCUT2D eigenvalue weighted by atomic mass is 16.7. The molecule has 4 atom stereocenters. The van der Waals surface area contributed by atoms with E-state index in [-0.39, 0.29) is 16.7 Å². The second kappa shape index (κ2) is 11.7. The van der Waals surface area contributed by atoms with Gasteiger partial charge in [-0.25, -0.2) is 19.2 Å². The van der Waals surface area contributed by atoms with Gasteiger partial charge in [-0.1, -0.05) is 53.1 Å². The molecule has 1 saturated heterocycles. The Morgan fingerprint density at radius 3 is 1.60 bits per heavy atom. The van der Waals surface area contributed by atoms with Crippen molar-refractivity contribution in [2.45, 2.75) is 51.6 Å². The van der Waals surface area contributed by atoms with E-state index >= 15 is 0 Å². The van der Waals surface area contributed by atoms with Crippen LogP contribution in [0.4, 0.5) is 0 Å². The maximum absolute atomic E-state index is 13.1. The molecular weight excluding hydrogens is 516 g/mol. The third kappa shape index (κ3) is 6.21. The first kappa shape index (κ1) is 28.5. The molecule has 4 rings (SSSR count). The number of carboxylic acid groups (broad SMARTS) is 1. The standard InChI is InChI=1S/C31H30O9/c1-18-5-11-21(12-6-18)28(34)37-17-24-25(39-29(35)22-13-7-19(2)8-14-22)31(4,26(38-24)27(32)33)40-30(36)23-15-9-20(3)10-16-23/h5-16,24-26H,17H2,1-4H3,(H,32,33)/t24-,25-,26+,31-/m1/s1. The van der Waals surface area contributed by atoms with Gasteiger partial charge in [0.25, 0.3) is 0 Å². The van der Waals surface area contributed by atoms with Crippen molar-refractivity contribution >= 4 is 23.9 Å². The van der Waals surface area contributed by atoms with Crippen LogP contribution in [0.5, 0.6) is 0 Å². The summed E-state index contributed by atoms with van der Waals surface area (Å²) in [4.78, 5) is 51.2. The lowest BCUT2D eigenvalue weighted by Crippen LogP contribution is -2.54. The van der Waals surface area contributed by atoms with Gasteiger partial charge in [0.05, 0.1) is 16.7 Å². The summed E-state index contributed by atoms with van der Waals surface area (Å²) in [6.45, 7) is 6.45. The second-order valence-corrected chi connectivity index (χ2v) is 9.99. The summed E-state index contributed by atoms with van der Waals surface area (Å²) in [5, 5.41) is 10.0. The molecule has 0 radical (unpaired) electrons. The number of ether oxygens (including phenoxy) is 4. The monoisotopic (exact) mass is 546 g/mol. The lowest BCUT2D eigenvalue weighted by atomic mass is 9.91. The molecule has 0 saturated carbocycles. The summed E-state index contributed by atoms with van der Waals surface area (Å²) in [5.74, 6) is -3.73. The summed E-state index contributed by atoms with van der Waals surface area (Å²) < 4.78 is 22.7. The van der Waals surface area contributed by atoms with Crippen molar-refractivity contribution in [3.05, 3.63) is 106 Å². The van der Waals surface area contributed by atoms with Crippen LogP contribution >= 0.6 is 0 Å². The molecule has 3 aromatic rings. The zero-order valence-corrected chi connectivity index (χ0v) is 22.6. The molecule has 1 heterocycles. The van der Waals surface area contributed by atoms with Crippen molar-refractivity contribution in [3.63, 3.8) is 0 Å². The number of esters is 3. The van der Waals surface area contributed by atoms with Crippen molar-refractivity contribution < 1.29 is 43.2 Å². The highest BCUT2D eigenvalue weighted by Gasteiger charge is 2.62. The van der Waals surface area contributed by atoms with Crippen LogP contribution in [0.3, 0.4) is 0 Å². The quantitative estimate of drug-likeness (QED) is 0.322. The topological polar surface area (TPSA) is 125 Å². The first-order valence-corrected chi connectivity index (χ1v) is 12.7. The van der Waals surface area contributed by atoms with Crippen LogP contribution in [0.2, 0.25) is 0 Å². The highest BCUT2D eigenvalue weighted by Crippen LogP contribution is 2.38. The van der Waals surface area contributed by atoms with Gasteiger partial charge in [0, 0.05) is 0 Å². The SMILES string of the molecule is Cc1ccc(C(=O)OC[C@H]2O[C@@H](C(=O)O)[C@](C)(OC(=O)c3ccc(C)cc3)[C@@H]2OC(=O)c2ccc(C)cc2)cc1. The van der Waals surface area contributed by atoms with Crippen molar-refractivity contribution in [2.24, 2.45) is 0 Å². The van der Waals surface area contributed by atoms with Gasteiger partial charge >= 0.3 is 23.9 Å². The van der Waals surface area contributed by atoms with Crippen molar-refractivity contribution in [3.8, 4) is 0 Å². The van der Waals surface area contributed by atoms with Crippen LogP contribution in [0.15, 0.2) is 72.8 Å². The molecule has 0 bridgehead atoms. The smallest absolute Gasteiger partial charge is 0.338 e. The highest BCUT2D eigenvalue weighted by molar-refractivity contribution is 5.92. The second-order valence-electron chi connectivity index (χ2n) is 9.99. The Bertz CT molecular complexity index is 1390. The third-order valence-electron chi connectivity index (χ3n) is 6.75. The van der Waals surface area contributed by atoms with Crippen LogP contribution in [-0.2, 0) is 23.7 Å². The molecule has 1 fully saturated rings. The third-order valence-corrected chi connectivity index (χ3v) is 6.75. The summed E-state index contributed by atoms with van der Waals surface area (Å²) in [6, 6.07) is 19.7. The maximum atomic E-state index is 13.1. The summed E-state index contributed by atoms with van der Waals surface area (Å²) in [6.07, 6.45) is -4.40. The average molecular weight is 547 g/mol. The number of aliphatic carboxylic acids is 1. The van der Waals surface area contributed by atoms with Gasteiger partial charge in [-0.3, -0.25) is 0 Å². The van der Waals surface area contributed by atoms with E-state index in [9.17, 15) is 24.3 Å². The fourth-order valence-electron chi connectivity index (χ4n) is 4.39. The zero-order chi connectivity index (χ0) is 29.0. The van der Waals surface area contributed by atoms with Crippen molar-refractivity contribution in [1.29, 1.82) is 0 Å². The van der Waals surface area contributed by atoms with Gasteiger partial charge in [-0.05, 0) is 64.1 Å². The average Bonchev–Trinajstić information content (AvgIpc) is 3.19. The molecule has 0 aromatic heterocycles. The molecule has 1 aliphatic heterocycles. The lowest BCUT2D eigenvalue weighted by Gasteiger charge is -2.33. The van der Waals surface area contributed by atoms with Crippen LogP contribution < -0.4 is 0 Å². The Hall–Kier alpha value is -4.50. The number of hydrogen-bond acceptors (Lipinski definition) is 8. The van der Waals surface area contributed by atoms with Gasteiger partial charge in [0.1, 0.15) is 12.7 Å². The van der Waals surface area contributed by atoms with Gasteiger partial charge in [0.2, 0.25) is 0 Å². The minimum atomic E-state index is -1.96. The van der Waals surface area contributed by atoms with Crippen molar-refractivity contribution in [2.75, 3.05) is 6.61 Å². The van der Waals surface area contributed by atoms with E-state index in [1.165, 1.54) is 6.92 Å². The predicted octanol–water partition coefficient (Wildman–Crippen LogP) is 4.46. The van der Waals surface area contributed by atoms with Crippen LogP contribution in [0, 0.1) is 20.8 Å². The molecule has 40 heavy (non-hydrogen) atoms. The lowest BCUT2D eigenvalue weighted by molar-refractivity contribution is -0.160. The zero-order valence-electron chi connectivity index (χ0n) is 22.6. The predicted molar refractivity (Wildman–Crippen MR) is 143 cm³/mol. The Kier molecular flexibility index (Phi) is 8.35. The number of rotatable bonds is 8. The Morgan fingerprint density at radius 1 is 0.725 bits per heavy atom. The van der Waals surface area contributed by atoms with Gasteiger partial charge in [-0.15, -0.1) is 0 Å². The first-order valence-electron chi connectivity index (χ1n) is 12.7. The van der Waals surface area contributed by atoms with E-state index in [2.05, 4.69) is 0 Å². The van der Waals surface area contributed by atoms with Crippen LogP contribution in [0.25, 0.3) is 0 Å². The number of carbonyl (C=O) groups excluding carboxylic acids is 3. The fourth-order valence-corrected chi connectivity index (χ4v) is 4.39. The van der Waals surface area contributed by atoms with Crippen molar-refractivity contribution in [1.82, 2.24) is 0 Å². The number of aryl methyl sites for hydroxylation is 3. The molecule has 0 amide bonds. The Morgan fingerprint density at radius 2 is 1.15 bits per heavy atom. The van der Waals surface area contributed by atoms with Crippen LogP contribution in [-0.4, -0.2) is 59.5 Å². The van der Waals surface area contributed by atoms with E-state index < -0.39 is 54.4 Å². The molecule has 0 spiro atoms. The number of hydrogen-bond donors (Lipinski definition) is 1. The first-order chi connectivity index (χ1) is 19.0. The summed E-state index contributed by atoms with van der Waals surface area (Å²) in [7, 11) is 0. The fraction of sp³-hybridized carbons (Fsp3) is 0.290. The minimum Gasteiger partial charge on any atom is -0.479 e. The molecule has 208 valence electrons. The normalized spacial score (nSPS) is 21.9. The number of benzene rings is 3. The Balaban J connectivity index is 1.64. The molecule has 9 nitrogen and oxygen atoms in total. The molecule has 1 N–H and O–H groups in total. The minimum absolute atomic E-state index is 0.175. The molecule has 0 unspecified atom stereocenters. The van der Waals surface area contributed by atoms with E-state index in [4.69, 9.17) is 18.9 Å². The van der Waals surface area contributed by atoms with E-state index in [0.29, 0.717) is 0 Å². The molecule has 9 heteroatoms. The largest absolute Gasteiger partial charge is 0.479 e. The molecule has 0 aliphatic carbocycles. The van der Waals surface area contributed by atoms with E-state index in [0.717, 1.165) is 16.7 Å². The summed E-state index contributed by atoms with van der Waals surface area (Å²) >= 11 is 0. The number of carbonyl (C=O) groups is 4. The molecular formula is C31H30O9. The molecule has 3 aromatic carbocycles. The summed E-state index contributed by atoms with van der Waals surface area (Å²) in [5.41, 5.74) is 1.48. The maximum Gasteiger partial charge on any atom is 0.338 e. The van der Waals surface area contributed by atoms with E-state index in [1.54, 1.807) is 72.8 Å². The van der Waals surface area contributed by atoms with E-state index in [1.807, 2.05) is 20.8 Å². The number of carboxylic acids is 1. The molecule has 1 aliphatic rings. The Labute approximate surface area is 231 Å². The van der Waals surface area contributed by atoms with Gasteiger partial charge in [0.15, 0.2) is 17.8 Å². The van der Waals surface area contributed by atoms with Crippen LogP contribution in [0.1, 0.15) is 54.7 Å². The van der Waals surface area contributed by atoms with Gasteiger partial charge < -0.3 is 24.1 Å². The van der Waals surface area contributed by atoms with Gasteiger partial charge in [-0.2, -0.15) is 0 Å².